The molecule has 104 valence electrons. The van der Waals surface area contributed by atoms with Gasteiger partial charge in [-0.3, -0.25) is 10.1 Å². The Kier molecular flexibility index (Phi) is 4.95. The molecule has 0 amide bonds. The maximum Gasteiger partial charge on any atom is 0.273 e. The number of benzene rings is 2. The van der Waals surface area contributed by atoms with Gasteiger partial charge in [0.05, 0.1) is 4.92 Å². The molecule has 0 atom stereocenters. The molecule has 0 unspecified atom stereocenters. The van der Waals surface area contributed by atoms with Gasteiger partial charge >= 0.3 is 0 Å². The van der Waals surface area contributed by atoms with Crippen LogP contribution in [-0.4, -0.2) is 4.92 Å². The van der Waals surface area contributed by atoms with Crippen LogP contribution in [0.1, 0.15) is 11.1 Å². The molecule has 1 N–H and O–H groups in total. The van der Waals surface area contributed by atoms with Gasteiger partial charge in [-0.15, -0.1) is 0 Å². The van der Waals surface area contributed by atoms with Crippen molar-refractivity contribution in [3.8, 4) is 0 Å². The van der Waals surface area contributed by atoms with Gasteiger partial charge in [-0.1, -0.05) is 47.5 Å². The van der Waals surface area contributed by atoms with E-state index in [0.29, 0.717) is 28.7 Å². The van der Waals surface area contributed by atoms with Gasteiger partial charge in [0.25, 0.3) is 5.69 Å². The summed E-state index contributed by atoms with van der Waals surface area (Å²) < 4.78 is 0. The Balaban J connectivity index is 2.01. The molecule has 2 aromatic rings. The van der Waals surface area contributed by atoms with Crippen molar-refractivity contribution in [1.29, 1.82) is 0 Å². The van der Waals surface area contributed by atoms with Gasteiger partial charge in [-0.2, -0.15) is 0 Å². The van der Waals surface area contributed by atoms with Gasteiger partial charge in [-0.05, 0) is 17.7 Å². The fraction of sp³-hybridized carbons (Fsp3) is 0.143. The highest BCUT2D eigenvalue weighted by Crippen LogP contribution is 2.21. The second kappa shape index (κ2) is 6.70. The lowest BCUT2D eigenvalue weighted by atomic mass is 10.1. The lowest BCUT2D eigenvalue weighted by Gasteiger charge is -2.07. The molecule has 2 rings (SSSR count). The lowest BCUT2D eigenvalue weighted by molar-refractivity contribution is -0.385. The van der Waals surface area contributed by atoms with Crippen LogP contribution in [0.4, 0.5) is 5.69 Å². The highest BCUT2D eigenvalue weighted by molar-refractivity contribution is 6.35. The topological polar surface area (TPSA) is 55.2 Å². The predicted octanol–water partition coefficient (Wildman–Crippen LogP) is 4.19. The second-order valence-electron chi connectivity index (χ2n) is 4.23. The smallest absolute Gasteiger partial charge is 0.273 e. The van der Waals surface area contributed by atoms with Crippen LogP contribution in [0.3, 0.4) is 0 Å². The van der Waals surface area contributed by atoms with Crippen molar-refractivity contribution in [3.63, 3.8) is 0 Å². The summed E-state index contributed by atoms with van der Waals surface area (Å²) in [6.07, 6.45) is 0. The zero-order chi connectivity index (χ0) is 14.5. The van der Waals surface area contributed by atoms with E-state index in [2.05, 4.69) is 5.32 Å². The quantitative estimate of drug-likeness (QED) is 0.665. The van der Waals surface area contributed by atoms with Crippen LogP contribution in [-0.2, 0) is 13.1 Å². The summed E-state index contributed by atoms with van der Waals surface area (Å²) in [6, 6.07) is 11.9. The largest absolute Gasteiger partial charge is 0.308 e. The third-order valence-corrected chi connectivity index (χ3v) is 3.42. The van der Waals surface area contributed by atoms with E-state index in [9.17, 15) is 10.1 Å². The summed E-state index contributed by atoms with van der Waals surface area (Å²) in [5.74, 6) is 0. The lowest BCUT2D eigenvalue weighted by Crippen LogP contribution is -2.14. The number of para-hydroxylation sites is 1. The van der Waals surface area contributed by atoms with Crippen molar-refractivity contribution in [2.75, 3.05) is 0 Å². The van der Waals surface area contributed by atoms with E-state index < -0.39 is 0 Å². The van der Waals surface area contributed by atoms with Crippen molar-refractivity contribution >= 4 is 28.9 Å². The van der Waals surface area contributed by atoms with E-state index in [1.807, 2.05) is 6.07 Å². The van der Waals surface area contributed by atoms with Crippen LogP contribution in [0, 0.1) is 10.1 Å². The molecular formula is C14H12Cl2N2O2. The number of halogens is 2. The van der Waals surface area contributed by atoms with E-state index in [1.165, 1.54) is 6.07 Å². The molecule has 4 nitrogen and oxygen atoms in total. The molecule has 2 aromatic carbocycles. The number of hydrogen-bond acceptors (Lipinski definition) is 3. The van der Waals surface area contributed by atoms with Gasteiger partial charge in [0.2, 0.25) is 0 Å². The third-order valence-electron chi connectivity index (χ3n) is 2.83. The van der Waals surface area contributed by atoms with Crippen LogP contribution in [0.15, 0.2) is 42.5 Å². The van der Waals surface area contributed by atoms with E-state index >= 15 is 0 Å². The Bertz CT molecular complexity index is 632. The average molecular weight is 311 g/mol. The first-order valence-electron chi connectivity index (χ1n) is 5.95. The first-order chi connectivity index (χ1) is 9.58. The van der Waals surface area contributed by atoms with Crippen molar-refractivity contribution in [2.45, 2.75) is 13.1 Å². The molecule has 0 fully saturated rings. The zero-order valence-corrected chi connectivity index (χ0v) is 12.0. The van der Waals surface area contributed by atoms with Crippen molar-refractivity contribution in [2.24, 2.45) is 0 Å². The number of nitrogens with one attached hydrogen (secondary N) is 1. The molecule has 0 saturated heterocycles. The highest BCUT2D eigenvalue weighted by atomic mass is 35.5. The van der Waals surface area contributed by atoms with Gasteiger partial charge in [0.1, 0.15) is 0 Å². The Morgan fingerprint density at radius 3 is 2.45 bits per heavy atom. The summed E-state index contributed by atoms with van der Waals surface area (Å²) in [5.41, 5.74) is 1.65. The maximum atomic E-state index is 10.9. The molecule has 0 saturated carbocycles. The van der Waals surface area contributed by atoms with Crippen LogP contribution in [0.5, 0.6) is 0 Å². The summed E-state index contributed by atoms with van der Waals surface area (Å²) >= 11 is 11.9. The van der Waals surface area contributed by atoms with Crippen LogP contribution in [0.25, 0.3) is 0 Å². The minimum atomic E-state index is -0.383. The molecule has 0 bridgehead atoms. The Morgan fingerprint density at radius 1 is 1.05 bits per heavy atom. The Hall–Kier alpha value is -1.62. The van der Waals surface area contributed by atoms with Gasteiger partial charge < -0.3 is 5.32 Å². The summed E-state index contributed by atoms with van der Waals surface area (Å²) in [5, 5.41) is 15.2. The number of nitrogens with zero attached hydrogens (tertiary/aromatic N) is 1. The van der Waals surface area contributed by atoms with Gasteiger partial charge in [-0.25, -0.2) is 0 Å². The number of hydrogen-bond donors (Lipinski definition) is 1. The number of nitro groups is 1. The summed E-state index contributed by atoms with van der Waals surface area (Å²) in [6.45, 7) is 0.915. The normalized spacial score (nSPS) is 10.5. The standard InChI is InChI=1S/C14H12Cl2N2O2/c15-12-6-5-10(13(16)7-12)8-17-9-11-3-1-2-4-14(11)18(19)20/h1-7,17H,8-9H2. The van der Waals surface area contributed by atoms with E-state index in [1.54, 1.807) is 30.3 Å². The second-order valence-corrected chi connectivity index (χ2v) is 5.07. The van der Waals surface area contributed by atoms with Gasteiger partial charge in [0.15, 0.2) is 0 Å². The van der Waals surface area contributed by atoms with Gasteiger partial charge in [0, 0.05) is 34.8 Å². The number of nitro benzene ring substituents is 1. The Labute approximate surface area is 126 Å². The van der Waals surface area contributed by atoms with Crippen LogP contribution >= 0.6 is 23.2 Å². The molecule has 0 spiro atoms. The van der Waals surface area contributed by atoms with E-state index in [0.717, 1.165) is 5.56 Å². The zero-order valence-electron chi connectivity index (χ0n) is 10.5. The minimum absolute atomic E-state index is 0.113. The van der Waals surface area contributed by atoms with Crippen molar-refractivity contribution < 1.29 is 4.92 Å². The molecule has 0 aliphatic heterocycles. The Morgan fingerprint density at radius 2 is 1.75 bits per heavy atom. The number of rotatable bonds is 5. The summed E-state index contributed by atoms with van der Waals surface area (Å²) in [4.78, 5) is 10.5. The third kappa shape index (κ3) is 3.70. The molecule has 0 aliphatic rings. The molecular weight excluding hydrogens is 299 g/mol. The van der Waals surface area contributed by atoms with Crippen LogP contribution in [0.2, 0.25) is 10.0 Å². The predicted molar refractivity (Wildman–Crippen MR) is 80.1 cm³/mol. The molecule has 0 aromatic heterocycles. The van der Waals surface area contributed by atoms with Crippen molar-refractivity contribution in [1.82, 2.24) is 5.32 Å². The molecule has 0 aliphatic carbocycles. The molecule has 20 heavy (non-hydrogen) atoms. The SMILES string of the molecule is O=[N+]([O-])c1ccccc1CNCc1ccc(Cl)cc1Cl. The van der Waals surface area contributed by atoms with Crippen molar-refractivity contribution in [3.05, 3.63) is 73.8 Å². The first kappa shape index (κ1) is 14.8. The fourth-order valence-electron chi connectivity index (χ4n) is 1.84. The molecule has 0 heterocycles. The fourth-order valence-corrected chi connectivity index (χ4v) is 2.31. The monoisotopic (exact) mass is 310 g/mol. The first-order valence-corrected chi connectivity index (χ1v) is 6.70. The highest BCUT2D eigenvalue weighted by Gasteiger charge is 2.11. The van der Waals surface area contributed by atoms with E-state index in [4.69, 9.17) is 23.2 Å². The van der Waals surface area contributed by atoms with Crippen LogP contribution < -0.4 is 5.32 Å². The van der Waals surface area contributed by atoms with E-state index in [-0.39, 0.29) is 10.6 Å². The average Bonchev–Trinajstić information content (AvgIpc) is 2.41. The molecule has 0 radical (unpaired) electrons. The molecule has 6 heteroatoms. The minimum Gasteiger partial charge on any atom is -0.308 e. The maximum absolute atomic E-state index is 10.9. The summed E-state index contributed by atoms with van der Waals surface area (Å²) in [7, 11) is 0.